The van der Waals surface area contributed by atoms with E-state index in [0.717, 1.165) is 13.0 Å². The molecule has 2 unspecified atom stereocenters. The van der Waals surface area contributed by atoms with Crippen molar-refractivity contribution in [2.24, 2.45) is 11.8 Å². The van der Waals surface area contributed by atoms with Gasteiger partial charge in [0.15, 0.2) is 0 Å². The SMILES string of the molecule is CC(C)CNC(=O)C(C)N1CCC(CC(=O)O)C1. The van der Waals surface area contributed by atoms with Gasteiger partial charge >= 0.3 is 5.97 Å². The summed E-state index contributed by atoms with van der Waals surface area (Å²) in [5.74, 6) is -0.0826. The number of hydrogen-bond acceptors (Lipinski definition) is 3. The van der Waals surface area contributed by atoms with Crippen molar-refractivity contribution < 1.29 is 14.7 Å². The lowest BCUT2D eigenvalue weighted by Gasteiger charge is -2.23. The molecule has 0 aliphatic carbocycles. The quantitative estimate of drug-likeness (QED) is 0.742. The molecule has 1 saturated heterocycles. The van der Waals surface area contributed by atoms with Crippen LogP contribution in [0.5, 0.6) is 0 Å². The zero-order valence-electron chi connectivity index (χ0n) is 11.5. The molecule has 104 valence electrons. The Morgan fingerprint density at radius 2 is 2.06 bits per heavy atom. The third-order valence-corrected chi connectivity index (χ3v) is 3.39. The summed E-state index contributed by atoms with van der Waals surface area (Å²) in [6, 6.07) is -0.164. The van der Waals surface area contributed by atoms with Gasteiger partial charge in [0.1, 0.15) is 0 Å². The number of nitrogens with one attached hydrogen (secondary N) is 1. The lowest BCUT2D eigenvalue weighted by atomic mass is 10.1. The average Bonchev–Trinajstić information content (AvgIpc) is 2.72. The molecule has 1 aliphatic rings. The van der Waals surface area contributed by atoms with Crippen LogP contribution in [-0.2, 0) is 9.59 Å². The molecule has 2 N–H and O–H groups in total. The van der Waals surface area contributed by atoms with E-state index in [9.17, 15) is 9.59 Å². The minimum absolute atomic E-state index is 0.0414. The van der Waals surface area contributed by atoms with E-state index in [4.69, 9.17) is 5.11 Å². The molecule has 18 heavy (non-hydrogen) atoms. The second kappa shape index (κ2) is 6.73. The monoisotopic (exact) mass is 256 g/mol. The Morgan fingerprint density at radius 1 is 1.39 bits per heavy atom. The summed E-state index contributed by atoms with van der Waals surface area (Å²) in [5, 5.41) is 11.7. The maximum absolute atomic E-state index is 11.9. The first-order valence-electron chi connectivity index (χ1n) is 6.63. The topological polar surface area (TPSA) is 69.6 Å². The highest BCUT2D eigenvalue weighted by Crippen LogP contribution is 2.21. The predicted octanol–water partition coefficient (Wildman–Crippen LogP) is 0.944. The molecular formula is C13H24N2O3. The van der Waals surface area contributed by atoms with E-state index in [-0.39, 0.29) is 24.3 Å². The first-order valence-corrected chi connectivity index (χ1v) is 6.63. The molecule has 2 atom stereocenters. The number of carboxylic acids is 1. The Balaban J connectivity index is 2.36. The van der Waals surface area contributed by atoms with Crippen LogP contribution in [0, 0.1) is 11.8 Å². The molecule has 0 saturated carbocycles. The van der Waals surface area contributed by atoms with Crippen LogP contribution in [0.1, 0.15) is 33.6 Å². The molecule has 5 nitrogen and oxygen atoms in total. The lowest BCUT2D eigenvalue weighted by molar-refractivity contribution is -0.138. The van der Waals surface area contributed by atoms with Gasteiger partial charge in [-0.1, -0.05) is 13.8 Å². The highest BCUT2D eigenvalue weighted by Gasteiger charge is 2.30. The van der Waals surface area contributed by atoms with E-state index in [0.29, 0.717) is 19.0 Å². The van der Waals surface area contributed by atoms with Crippen molar-refractivity contribution >= 4 is 11.9 Å². The van der Waals surface area contributed by atoms with Gasteiger partial charge in [-0.3, -0.25) is 14.5 Å². The Labute approximate surface area is 109 Å². The summed E-state index contributed by atoms with van der Waals surface area (Å²) >= 11 is 0. The van der Waals surface area contributed by atoms with Crippen LogP contribution in [0.15, 0.2) is 0 Å². The molecule has 1 rings (SSSR count). The Hall–Kier alpha value is -1.10. The number of amides is 1. The molecule has 0 radical (unpaired) electrons. The van der Waals surface area contributed by atoms with Gasteiger partial charge in [-0.2, -0.15) is 0 Å². The van der Waals surface area contributed by atoms with E-state index < -0.39 is 5.97 Å². The summed E-state index contributed by atoms with van der Waals surface area (Å²) in [7, 11) is 0. The number of carbonyl (C=O) groups excluding carboxylic acids is 1. The molecule has 1 amide bonds. The fourth-order valence-corrected chi connectivity index (χ4v) is 2.25. The highest BCUT2D eigenvalue weighted by molar-refractivity contribution is 5.81. The van der Waals surface area contributed by atoms with Gasteiger partial charge in [0.2, 0.25) is 5.91 Å². The van der Waals surface area contributed by atoms with E-state index >= 15 is 0 Å². The van der Waals surface area contributed by atoms with Crippen LogP contribution in [0.2, 0.25) is 0 Å². The third kappa shape index (κ3) is 4.64. The number of rotatable bonds is 6. The van der Waals surface area contributed by atoms with Gasteiger partial charge in [-0.15, -0.1) is 0 Å². The molecule has 0 aromatic rings. The fourth-order valence-electron chi connectivity index (χ4n) is 2.25. The van der Waals surface area contributed by atoms with Crippen LogP contribution < -0.4 is 5.32 Å². The van der Waals surface area contributed by atoms with Crippen LogP contribution >= 0.6 is 0 Å². The van der Waals surface area contributed by atoms with Crippen LogP contribution in [-0.4, -0.2) is 47.6 Å². The van der Waals surface area contributed by atoms with E-state index in [1.54, 1.807) is 0 Å². The summed E-state index contributed by atoms with van der Waals surface area (Å²) < 4.78 is 0. The molecule has 0 aromatic heterocycles. The van der Waals surface area contributed by atoms with Crippen molar-refractivity contribution in [1.82, 2.24) is 10.2 Å². The summed E-state index contributed by atoms with van der Waals surface area (Å²) in [4.78, 5) is 24.6. The number of nitrogens with zero attached hydrogens (tertiary/aromatic N) is 1. The van der Waals surface area contributed by atoms with Crippen LogP contribution in [0.25, 0.3) is 0 Å². The van der Waals surface area contributed by atoms with Gasteiger partial charge in [-0.25, -0.2) is 0 Å². The fraction of sp³-hybridized carbons (Fsp3) is 0.846. The molecule has 0 bridgehead atoms. The van der Waals surface area contributed by atoms with Crippen LogP contribution in [0.3, 0.4) is 0 Å². The molecule has 0 spiro atoms. The van der Waals surface area contributed by atoms with Crippen molar-refractivity contribution in [3.8, 4) is 0 Å². The smallest absolute Gasteiger partial charge is 0.303 e. The standard InChI is InChI=1S/C13H24N2O3/c1-9(2)7-14-13(18)10(3)15-5-4-11(8-15)6-12(16)17/h9-11H,4-8H2,1-3H3,(H,14,18)(H,16,17). The zero-order valence-corrected chi connectivity index (χ0v) is 11.5. The number of carboxylic acid groups (broad SMARTS) is 1. The molecular weight excluding hydrogens is 232 g/mol. The molecule has 1 fully saturated rings. The largest absolute Gasteiger partial charge is 0.481 e. The average molecular weight is 256 g/mol. The first-order chi connectivity index (χ1) is 8.40. The minimum atomic E-state index is -0.751. The maximum Gasteiger partial charge on any atom is 0.303 e. The summed E-state index contributed by atoms with van der Waals surface area (Å²) in [6.45, 7) is 8.22. The molecule has 1 heterocycles. The third-order valence-electron chi connectivity index (χ3n) is 3.39. The van der Waals surface area contributed by atoms with Crippen molar-refractivity contribution in [3.63, 3.8) is 0 Å². The van der Waals surface area contributed by atoms with Gasteiger partial charge in [-0.05, 0) is 31.7 Å². The number of likely N-dealkylation sites (tertiary alicyclic amines) is 1. The highest BCUT2D eigenvalue weighted by atomic mass is 16.4. The molecule has 5 heteroatoms. The molecule has 0 aromatic carbocycles. The zero-order chi connectivity index (χ0) is 13.7. The maximum atomic E-state index is 11.9. The van der Waals surface area contributed by atoms with Crippen LogP contribution in [0.4, 0.5) is 0 Å². The lowest BCUT2D eigenvalue weighted by Crippen LogP contribution is -2.45. The number of hydrogen-bond donors (Lipinski definition) is 2. The Kier molecular flexibility index (Phi) is 5.59. The van der Waals surface area contributed by atoms with Crippen molar-refractivity contribution in [1.29, 1.82) is 0 Å². The second-order valence-electron chi connectivity index (χ2n) is 5.56. The van der Waals surface area contributed by atoms with Crippen molar-refractivity contribution in [3.05, 3.63) is 0 Å². The van der Waals surface area contributed by atoms with Crippen molar-refractivity contribution in [2.45, 2.75) is 39.7 Å². The van der Waals surface area contributed by atoms with E-state index in [1.807, 2.05) is 6.92 Å². The van der Waals surface area contributed by atoms with E-state index in [2.05, 4.69) is 24.1 Å². The predicted molar refractivity (Wildman–Crippen MR) is 69.2 cm³/mol. The summed E-state index contributed by atoms with van der Waals surface area (Å²) in [6.07, 6.45) is 1.07. The first kappa shape index (κ1) is 15.0. The normalized spacial score (nSPS) is 22.1. The Bertz CT molecular complexity index is 305. The van der Waals surface area contributed by atoms with E-state index in [1.165, 1.54) is 0 Å². The van der Waals surface area contributed by atoms with Gasteiger partial charge in [0, 0.05) is 19.5 Å². The number of aliphatic carboxylic acids is 1. The van der Waals surface area contributed by atoms with Gasteiger partial charge in [0.25, 0.3) is 0 Å². The minimum Gasteiger partial charge on any atom is -0.481 e. The Morgan fingerprint density at radius 3 is 2.61 bits per heavy atom. The van der Waals surface area contributed by atoms with Gasteiger partial charge in [0.05, 0.1) is 6.04 Å². The number of carbonyl (C=O) groups is 2. The second-order valence-corrected chi connectivity index (χ2v) is 5.56. The summed E-state index contributed by atoms with van der Waals surface area (Å²) in [5.41, 5.74) is 0. The van der Waals surface area contributed by atoms with Gasteiger partial charge < -0.3 is 10.4 Å². The molecule has 1 aliphatic heterocycles. The van der Waals surface area contributed by atoms with Crippen molar-refractivity contribution in [2.75, 3.05) is 19.6 Å².